The number of amides is 1. The lowest BCUT2D eigenvalue weighted by atomic mass is 10.0. The molecule has 1 amide bonds. The van der Waals surface area contributed by atoms with E-state index in [1.807, 2.05) is 37.3 Å². The fourth-order valence-electron chi connectivity index (χ4n) is 3.22. The Bertz CT molecular complexity index is 742. The van der Waals surface area contributed by atoms with E-state index in [1.165, 1.54) is 12.1 Å². The molecule has 1 heterocycles. The molecular formula is C20H26Cl2FN3O. The molecule has 3 rings (SSSR count). The van der Waals surface area contributed by atoms with Gasteiger partial charge in [-0.2, -0.15) is 0 Å². The summed E-state index contributed by atoms with van der Waals surface area (Å²) in [6, 6.07) is 13.6. The van der Waals surface area contributed by atoms with Gasteiger partial charge in [0.15, 0.2) is 0 Å². The highest BCUT2D eigenvalue weighted by Gasteiger charge is 2.24. The molecule has 0 radical (unpaired) electrons. The van der Waals surface area contributed by atoms with Gasteiger partial charge in [0.2, 0.25) is 5.91 Å². The van der Waals surface area contributed by atoms with E-state index >= 15 is 0 Å². The van der Waals surface area contributed by atoms with Crippen molar-refractivity contribution in [3.63, 3.8) is 0 Å². The van der Waals surface area contributed by atoms with E-state index in [0.717, 1.165) is 36.2 Å². The molecule has 1 aliphatic rings. The summed E-state index contributed by atoms with van der Waals surface area (Å²) in [6.07, 6.45) is 1.85. The number of rotatable bonds is 4. The van der Waals surface area contributed by atoms with Crippen LogP contribution in [0.4, 0.5) is 10.1 Å². The van der Waals surface area contributed by atoms with E-state index in [0.29, 0.717) is 6.54 Å². The van der Waals surface area contributed by atoms with Crippen LogP contribution in [0.15, 0.2) is 48.5 Å². The monoisotopic (exact) mass is 413 g/mol. The lowest BCUT2D eigenvalue weighted by Gasteiger charge is -2.35. The Kier molecular flexibility index (Phi) is 9.03. The molecule has 0 bridgehead atoms. The standard InChI is InChI=1S/C20H24FN3O.2ClH/c1-14-7-9-15(10-8-14)19(22)20(25)23-17-5-3-11-24(13-17)18-6-2-4-16(21)12-18;;/h2,4,6-10,12,17,19H,3,5,11,13,22H2,1H3,(H,23,25);2*1H. The molecule has 1 aliphatic heterocycles. The van der Waals surface area contributed by atoms with Gasteiger partial charge >= 0.3 is 0 Å². The summed E-state index contributed by atoms with van der Waals surface area (Å²) in [5.41, 5.74) is 8.89. The van der Waals surface area contributed by atoms with E-state index < -0.39 is 6.04 Å². The minimum Gasteiger partial charge on any atom is -0.369 e. The highest BCUT2D eigenvalue weighted by atomic mass is 35.5. The molecular weight excluding hydrogens is 388 g/mol. The van der Waals surface area contributed by atoms with Crippen molar-refractivity contribution in [2.75, 3.05) is 18.0 Å². The van der Waals surface area contributed by atoms with Crippen LogP contribution < -0.4 is 16.0 Å². The zero-order valence-corrected chi connectivity index (χ0v) is 16.9. The fourth-order valence-corrected chi connectivity index (χ4v) is 3.22. The van der Waals surface area contributed by atoms with Crippen LogP contribution in [-0.4, -0.2) is 25.0 Å². The molecule has 0 aromatic heterocycles. The Labute approximate surface area is 172 Å². The number of aryl methyl sites for hydroxylation is 1. The average molecular weight is 414 g/mol. The number of halogens is 3. The Balaban J connectivity index is 0.00000182. The van der Waals surface area contributed by atoms with E-state index in [-0.39, 0.29) is 42.6 Å². The smallest absolute Gasteiger partial charge is 0.241 e. The van der Waals surface area contributed by atoms with Crippen LogP contribution in [0.2, 0.25) is 0 Å². The molecule has 27 heavy (non-hydrogen) atoms. The number of nitrogens with two attached hydrogens (primary N) is 1. The Morgan fingerprint density at radius 3 is 2.59 bits per heavy atom. The van der Waals surface area contributed by atoms with Gasteiger partial charge in [-0.05, 0) is 43.5 Å². The molecule has 2 aromatic rings. The third-order valence-corrected chi connectivity index (χ3v) is 4.66. The van der Waals surface area contributed by atoms with E-state index in [2.05, 4.69) is 10.2 Å². The predicted octanol–water partition coefficient (Wildman–Crippen LogP) is 3.76. The van der Waals surface area contributed by atoms with Crippen molar-refractivity contribution < 1.29 is 9.18 Å². The molecule has 7 heteroatoms. The summed E-state index contributed by atoms with van der Waals surface area (Å²) in [5.74, 6) is -0.417. The molecule has 2 aromatic carbocycles. The van der Waals surface area contributed by atoms with Crippen molar-refractivity contribution in [1.29, 1.82) is 0 Å². The van der Waals surface area contributed by atoms with Gasteiger partial charge in [0.1, 0.15) is 11.9 Å². The predicted molar refractivity (Wildman–Crippen MR) is 112 cm³/mol. The largest absolute Gasteiger partial charge is 0.369 e. The van der Waals surface area contributed by atoms with Crippen LogP contribution in [0.3, 0.4) is 0 Å². The Morgan fingerprint density at radius 1 is 1.22 bits per heavy atom. The molecule has 0 aliphatic carbocycles. The molecule has 148 valence electrons. The SMILES string of the molecule is Cc1ccc(C(N)C(=O)NC2CCCN(c3cccc(F)c3)C2)cc1.Cl.Cl. The third-order valence-electron chi connectivity index (χ3n) is 4.66. The fraction of sp³-hybridized carbons (Fsp3) is 0.350. The summed E-state index contributed by atoms with van der Waals surface area (Å²) in [7, 11) is 0. The molecule has 1 fully saturated rings. The molecule has 1 saturated heterocycles. The number of hydrogen-bond donors (Lipinski definition) is 2. The first kappa shape index (κ1) is 23.2. The van der Waals surface area contributed by atoms with Crippen molar-refractivity contribution in [1.82, 2.24) is 5.32 Å². The summed E-state index contributed by atoms with van der Waals surface area (Å²) in [6.45, 7) is 3.52. The number of carbonyl (C=O) groups is 1. The van der Waals surface area contributed by atoms with E-state index in [9.17, 15) is 9.18 Å². The van der Waals surface area contributed by atoms with E-state index in [4.69, 9.17) is 5.73 Å². The first-order valence-electron chi connectivity index (χ1n) is 8.66. The van der Waals surface area contributed by atoms with Gasteiger partial charge in [-0.3, -0.25) is 4.79 Å². The minimum atomic E-state index is -0.676. The highest BCUT2D eigenvalue weighted by Crippen LogP contribution is 2.21. The number of piperidine rings is 1. The summed E-state index contributed by atoms with van der Waals surface area (Å²) in [5, 5.41) is 3.05. The summed E-state index contributed by atoms with van der Waals surface area (Å²) in [4.78, 5) is 14.6. The van der Waals surface area contributed by atoms with Crippen LogP contribution in [0.25, 0.3) is 0 Å². The van der Waals surface area contributed by atoms with Crippen LogP contribution in [0.5, 0.6) is 0 Å². The van der Waals surface area contributed by atoms with Gasteiger partial charge in [-0.15, -0.1) is 24.8 Å². The maximum absolute atomic E-state index is 13.4. The first-order valence-corrected chi connectivity index (χ1v) is 8.66. The van der Waals surface area contributed by atoms with Gasteiger partial charge in [0.25, 0.3) is 0 Å². The average Bonchev–Trinajstić information content (AvgIpc) is 2.62. The summed E-state index contributed by atoms with van der Waals surface area (Å²) < 4.78 is 13.4. The molecule has 2 unspecified atom stereocenters. The minimum absolute atomic E-state index is 0. The second-order valence-corrected chi connectivity index (χ2v) is 6.66. The number of hydrogen-bond acceptors (Lipinski definition) is 3. The quantitative estimate of drug-likeness (QED) is 0.801. The lowest BCUT2D eigenvalue weighted by molar-refractivity contribution is -0.123. The van der Waals surface area contributed by atoms with Crippen molar-refractivity contribution in [3.8, 4) is 0 Å². The maximum atomic E-state index is 13.4. The second kappa shape index (κ2) is 10.5. The van der Waals surface area contributed by atoms with Gasteiger partial charge in [0.05, 0.1) is 0 Å². The van der Waals surface area contributed by atoms with Crippen molar-refractivity contribution >= 4 is 36.4 Å². The second-order valence-electron chi connectivity index (χ2n) is 6.66. The molecule has 0 saturated carbocycles. The van der Waals surface area contributed by atoms with Gasteiger partial charge in [-0.25, -0.2) is 4.39 Å². The lowest BCUT2D eigenvalue weighted by Crippen LogP contribution is -2.50. The van der Waals surface area contributed by atoms with Crippen LogP contribution in [0.1, 0.15) is 30.0 Å². The van der Waals surface area contributed by atoms with Crippen LogP contribution >= 0.6 is 24.8 Å². The topological polar surface area (TPSA) is 58.4 Å². The Hall–Kier alpha value is -1.82. The van der Waals surface area contributed by atoms with Crippen LogP contribution in [-0.2, 0) is 4.79 Å². The number of carbonyl (C=O) groups excluding carboxylic acids is 1. The van der Waals surface area contributed by atoms with Crippen LogP contribution in [0, 0.1) is 12.7 Å². The normalized spacial score (nSPS) is 17.3. The van der Waals surface area contributed by atoms with Crippen molar-refractivity contribution in [2.24, 2.45) is 5.73 Å². The molecule has 0 spiro atoms. The Morgan fingerprint density at radius 2 is 1.93 bits per heavy atom. The van der Waals surface area contributed by atoms with Crippen molar-refractivity contribution in [2.45, 2.75) is 31.8 Å². The number of anilines is 1. The number of benzene rings is 2. The van der Waals surface area contributed by atoms with Gasteiger partial charge in [0, 0.05) is 24.8 Å². The van der Waals surface area contributed by atoms with Gasteiger partial charge < -0.3 is 16.0 Å². The zero-order chi connectivity index (χ0) is 17.8. The molecule has 3 N–H and O–H groups in total. The summed E-state index contributed by atoms with van der Waals surface area (Å²) >= 11 is 0. The molecule has 4 nitrogen and oxygen atoms in total. The zero-order valence-electron chi connectivity index (χ0n) is 15.2. The maximum Gasteiger partial charge on any atom is 0.241 e. The number of nitrogens with zero attached hydrogens (tertiary/aromatic N) is 1. The number of nitrogens with one attached hydrogen (secondary N) is 1. The highest BCUT2D eigenvalue weighted by molar-refractivity contribution is 5.85. The van der Waals surface area contributed by atoms with Gasteiger partial charge in [-0.1, -0.05) is 35.9 Å². The van der Waals surface area contributed by atoms with Crippen molar-refractivity contribution in [3.05, 3.63) is 65.5 Å². The third kappa shape index (κ3) is 6.09. The van der Waals surface area contributed by atoms with E-state index in [1.54, 1.807) is 6.07 Å². The first-order chi connectivity index (χ1) is 12.0. The molecule has 2 atom stereocenters.